The van der Waals surface area contributed by atoms with Gasteiger partial charge in [-0.05, 0) is 18.3 Å². The summed E-state index contributed by atoms with van der Waals surface area (Å²) in [5.74, 6) is -0.275. The normalized spacial score (nSPS) is 20.1. The summed E-state index contributed by atoms with van der Waals surface area (Å²) in [6.07, 6.45) is 8.35. The molecular weight excluding hydrogens is 202 g/mol. The fraction of sp³-hybridized carbons (Fsp3) is 0.769. The molecule has 1 rings (SSSR count). The Morgan fingerprint density at radius 2 is 1.88 bits per heavy atom. The number of ether oxygens (including phenoxy) is 1. The topological polar surface area (TPSA) is 29.5 Å². The molecule has 3 heteroatoms. The Hall–Kier alpha value is -0.990. The summed E-state index contributed by atoms with van der Waals surface area (Å²) in [4.78, 5) is 13.2. The van der Waals surface area contributed by atoms with E-state index in [1.165, 1.54) is 38.9 Å². The number of carbonyl (C=O) groups is 1. The summed E-state index contributed by atoms with van der Waals surface area (Å²) >= 11 is 0. The van der Waals surface area contributed by atoms with Gasteiger partial charge in [-0.3, -0.25) is 0 Å². The van der Waals surface area contributed by atoms with Crippen LogP contribution in [0.5, 0.6) is 0 Å². The molecule has 1 aliphatic rings. The molecule has 0 radical (unpaired) electrons. The van der Waals surface area contributed by atoms with Crippen molar-refractivity contribution in [3.63, 3.8) is 0 Å². The zero-order valence-electron chi connectivity index (χ0n) is 10.7. The van der Waals surface area contributed by atoms with Crippen LogP contribution >= 0.6 is 0 Å². The van der Waals surface area contributed by atoms with E-state index in [4.69, 9.17) is 0 Å². The molecule has 92 valence electrons. The van der Waals surface area contributed by atoms with Crippen molar-refractivity contribution in [2.24, 2.45) is 5.41 Å². The van der Waals surface area contributed by atoms with Crippen molar-refractivity contribution in [3.05, 3.63) is 12.3 Å². The van der Waals surface area contributed by atoms with Gasteiger partial charge in [-0.25, -0.2) is 4.79 Å². The van der Waals surface area contributed by atoms with E-state index in [-0.39, 0.29) is 5.97 Å². The minimum absolute atomic E-state index is 0.275. The highest BCUT2D eigenvalue weighted by Gasteiger charge is 2.30. The molecule has 1 saturated heterocycles. The summed E-state index contributed by atoms with van der Waals surface area (Å²) in [5.41, 5.74) is 0.537. The number of nitrogens with zero attached hydrogens (tertiary/aromatic N) is 1. The van der Waals surface area contributed by atoms with Crippen molar-refractivity contribution in [2.45, 2.75) is 39.5 Å². The van der Waals surface area contributed by atoms with E-state index in [1.54, 1.807) is 0 Å². The zero-order valence-corrected chi connectivity index (χ0v) is 10.7. The lowest BCUT2D eigenvalue weighted by Crippen LogP contribution is -2.36. The molecular formula is C13H23NO2. The smallest absolute Gasteiger partial charge is 0.331 e. The van der Waals surface area contributed by atoms with Crippen molar-refractivity contribution >= 4 is 5.97 Å². The van der Waals surface area contributed by atoms with Crippen LogP contribution in [0.15, 0.2) is 12.3 Å². The van der Waals surface area contributed by atoms with E-state index in [1.807, 2.05) is 6.20 Å². The van der Waals surface area contributed by atoms with Crippen LogP contribution in [0.1, 0.15) is 39.5 Å². The first-order valence-electron chi connectivity index (χ1n) is 6.16. The predicted molar refractivity (Wildman–Crippen MR) is 65.0 cm³/mol. The van der Waals surface area contributed by atoms with Crippen LogP contribution in [0.25, 0.3) is 0 Å². The van der Waals surface area contributed by atoms with Crippen LogP contribution in [-0.4, -0.2) is 31.1 Å². The summed E-state index contributed by atoms with van der Waals surface area (Å²) in [7, 11) is 1.40. The van der Waals surface area contributed by atoms with Gasteiger partial charge in [0.2, 0.25) is 0 Å². The lowest BCUT2D eigenvalue weighted by atomic mass is 9.74. The Kier molecular flexibility index (Phi) is 4.84. The van der Waals surface area contributed by atoms with Gasteiger partial charge in [-0.2, -0.15) is 0 Å². The van der Waals surface area contributed by atoms with Gasteiger partial charge in [0.1, 0.15) is 0 Å². The first kappa shape index (κ1) is 13.1. The number of esters is 1. The van der Waals surface area contributed by atoms with Gasteiger partial charge in [0.05, 0.1) is 7.11 Å². The van der Waals surface area contributed by atoms with Gasteiger partial charge in [-0.15, -0.1) is 0 Å². The Bertz CT molecular complexity index is 247. The van der Waals surface area contributed by atoms with Crippen LogP contribution in [0.4, 0.5) is 0 Å². The highest BCUT2D eigenvalue weighted by molar-refractivity contribution is 5.81. The van der Waals surface area contributed by atoms with Crippen LogP contribution in [0.2, 0.25) is 0 Å². The predicted octanol–water partition coefficient (Wildman–Crippen LogP) is 2.58. The molecule has 0 bridgehead atoms. The van der Waals surface area contributed by atoms with E-state index in [9.17, 15) is 4.79 Å². The number of piperidine rings is 1. The summed E-state index contributed by atoms with van der Waals surface area (Å²) in [6, 6.07) is 0. The maximum Gasteiger partial charge on any atom is 0.331 e. The molecule has 3 nitrogen and oxygen atoms in total. The molecule has 16 heavy (non-hydrogen) atoms. The Labute approximate surface area is 98.5 Å². The van der Waals surface area contributed by atoms with E-state index in [2.05, 4.69) is 23.5 Å². The Balaban J connectivity index is 2.43. The van der Waals surface area contributed by atoms with Crippen LogP contribution in [0, 0.1) is 5.41 Å². The van der Waals surface area contributed by atoms with E-state index in [0.717, 1.165) is 13.1 Å². The summed E-state index contributed by atoms with van der Waals surface area (Å²) < 4.78 is 4.57. The molecule has 0 aliphatic carbocycles. The van der Waals surface area contributed by atoms with Gasteiger partial charge in [0.15, 0.2) is 0 Å². The van der Waals surface area contributed by atoms with Crippen LogP contribution in [0.3, 0.4) is 0 Å². The number of methoxy groups -OCH3 is 1. The monoisotopic (exact) mass is 225 g/mol. The molecule has 0 unspecified atom stereocenters. The highest BCUT2D eigenvalue weighted by atomic mass is 16.5. The molecule has 0 atom stereocenters. The number of rotatable bonds is 4. The van der Waals surface area contributed by atoms with Gasteiger partial charge in [0, 0.05) is 25.4 Å². The average Bonchev–Trinajstić information content (AvgIpc) is 2.36. The second-order valence-electron chi connectivity index (χ2n) is 4.58. The number of likely N-dealkylation sites (tertiary alicyclic amines) is 1. The minimum atomic E-state index is -0.275. The Morgan fingerprint density at radius 3 is 2.31 bits per heavy atom. The third-order valence-electron chi connectivity index (χ3n) is 3.98. The molecule has 1 aliphatic heterocycles. The van der Waals surface area contributed by atoms with Crippen molar-refractivity contribution in [2.75, 3.05) is 20.2 Å². The van der Waals surface area contributed by atoms with Crippen LogP contribution < -0.4 is 0 Å². The molecule has 0 spiro atoms. The third-order valence-corrected chi connectivity index (χ3v) is 3.98. The Morgan fingerprint density at radius 1 is 1.31 bits per heavy atom. The zero-order chi connectivity index (χ0) is 12.0. The van der Waals surface area contributed by atoms with Gasteiger partial charge in [0.25, 0.3) is 0 Å². The third kappa shape index (κ3) is 3.26. The standard InChI is InChI=1S/C13H23NO2/c1-4-13(5-2)7-10-14(11-8-13)9-6-12(15)16-3/h6,9H,4-5,7-8,10-11H2,1-3H3. The van der Waals surface area contributed by atoms with Crippen molar-refractivity contribution < 1.29 is 9.53 Å². The van der Waals surface area contributed by atoms with E-state index in [0.29, 0.717) is 5.41 Å². The van der Waals surface area contributed by atoms with Crippen molar-refractivity contribution in [1.29, 1.82) is 0 Å². The molecule has 0 aromatic rings. The quantitative estimate of drug-likeness (QED) is 0.544. The largest absolute Gasteiger partial charge is 0.466 e. The van der Waals surface area contributed by atoms with Crippen molar-refractivity contribution in [1.82, 2.24) is 4.90 Å². The molecule has 0 aromatic heterocycles. The fourth-order valence-corrected chi connectivity index (χ4v) is 2.34. The number of hydrogen-bond donors (Lipinski definition) is 0. The lowest BCUT2D eigenvalue weighted by molar-refractivity contribution is -0.134. The second-order valence-corrected chi connectivity index (χ2v) is 4.58. The van der Waals surface area contributed by atoms with Crippen LogP contribution in [-0.2, 0) is 9.53 Å². The fourth-order valence-electron chi connectivity index (χ4n) is 2.34. The number of carbonyl (C=O) groups excluding carboxylic acids is 1. The average molecular weight is 225 g/mol. The van der Waals surface area contributed by atoms with Gasteiger partial charge < -0.3 is 9.64 Å². The first-order chi connectivity index (χ1) is 7.65. The maximum absolute atomic E-state index is 11.0. The summed E-state index contributed by atoms with van der Waals surface area (Å²) in [5, 5.41) is 0. The lowest BCUT2D eigenvalue weighted by Gasteiger charge is -2.40. The van der Waals surface area contributed by atoms with E-state index >= 15 is 0 Å². The SMILES string of the molecule is CCC1(CC)CCN(C=CC(=O)OC)CC1. The van der Waals surface area contributed by atoms with Gasteiger partial charge in [-0.1, -0.05) is 26.7 Å². The first-order valence-corrected chi connectivity index (χ1v) is 6.16. The summed E-state index contributed by atoms with van der Waals surface area (Å²) in [6.45, 7) is 6.66. The molecule has 0 aromatic carbocycles. The van der Waals surface area contributed by atoms with E-state index < -0.39 is 0 Å². The second kappa shape index (κ2) is 5.92. The highest BCUT2D eigenvalue weighted by Crippen LogP contribution is 2.37. The maximum atomic E-state index is 11.0. The van der Waals surface area contributed by atoms with Crippen molar-refractivity contribution in [3.8, 4) is 0 Å². The molecule has 1 heterocycles. The number of hydrogen-bond acceptors (Lipinski definition) is 3. The minimum Gasteiger partial charge on any atom is -0.466 e. The molecule has 1 fully saturated rings. The molecule has 0 amide bonds. The molecule has 0 saturated carbocycles. The molecule has 0 N–H and O–H groups in total. The van der Waals surface area contributed by atoms with Gasteiger partial charge >= 0.3 is 5.97 Å².